The molecule has 17 heavy (non-hydrogen) atoms. The van der Waals surface area contributed by atoms with Crippen LogP contribution < -0.4 is 0 Å². The minimum atomic E-state index is -0.863. The molecule has 2 aliphatic heterocycles. The lowest BCUT2D eigenvalue weighted by Crippen LogP contribution is -2.48. The summed E-state index contributed by atoms with van der Waals surface area (Å²) in [5.74, 6) is -0.591. The van der Waals surface area contributed by atoms with Gasteiger partial charge >= 0.3 is 0 Å². The Morgan fingerprint density at radius 3 is 2.59 bits per heavy atom. The normalized spacial score (nSPS) is 51.5. The molecule has 1 saturated carbocycles. The van der Waals surface area contributed by atoms with Crippen LogP contribution in [0.1, 0.15) is 33.1 Å². The van der Waals surface area contributed by atoms with Crippen molar-refractivity contribution < 1.29 is 24.4 Å². The quantitative estimate of drug-likeness (QED) is 0.725. The Bertz CT molecular complexity index is 318. The maximum Gasteiger partial charge on any atom is 0.163 e. The van der Waals surface area contributed by atoms with Gasteiger partial charge in [0.2, 0.25) is 0 Å². The molecule has 0 aromatic rings. The average Bonchev–Trinajstić information content (AvgIpc) is 2.64. The van der Waals surface area contributed by atoms with Gasteiger partial charge in [-0.3, -0.25) is 0 Å². The van der Waals surface area contributed by atoms with Gasteiger partial charge in [-0.15, -0.1) is 0 Å². The molecule has 2 bridgehead atoms. The van der Waals surface area contributed by atoms with Gasteiger partial charge in [-0.05, 0) is 20.3 Å². The Labute approximate surface area is 101 Å². The Balaban J connectivity index is 1.80. The van der Waals surface area contributed by atoms with E-state index in [1.165, 1.54) is 0 Å². The fourth-order valence-corrected chi connectivity index (χ4v) is 3.41. The van der Waals surface area contributed by atoms with Crippen LogP contribution in [0.15, 0.2) is 0 Å². The van der Waals surface area contributed by atoms with Gasteiger partial charge in [0.15, 0.2) is 5.79 Å². The van der Waals surface area contributed by atoms with Gasteiger partial charge in [0.05, 0.1) is 23.9 Å². The number of rotatable bonds is 2. The van der Waals surface area contributed by atoms with E-state index < -0.39 is 11.4 Å². The SMILES string of the molecule is CC1(C)OC2[C@@H]3C[C@@](O)(C[C@H]2O1)[C@H](CCO)O3. The predicted molar refractivity (Wildman–Crippen MR) is 58.4 cm³/mol. The third-order valence-electron chi connectivity index (χ3n) is 4.03. The van der Waals surface area contributed by atoms with Gasteiger partial charge in [0, 0.05) is 19.4 Å². The Morgan fingerprint density at radius 2 is 1.88 bits per heavy atom. The number of ether oxygens (including phenoxy) is 3. The summed E-state index contributed by atoms with van der Waals surface area (Å²) >= 11 is 0. The first-order chi connectivity index (χ1) is 7.93. The number of aliphatic hydroxyl groups is 2. The molecule has 5 nitrogen and oxygen atoms in total. The van der Waals surface area contributed by atoms with Crippen LogP contribution in [0, 0.1) is 0 Å². The van der Waals surface area contributed by atoms with Crippen molar-refractivity contribution in [2.75, 3.05) is 6.61 Å². The molecule has 98 valence electrons. The van der Waals surface area contributed by atoms with Crippen molar-refractivity contribution in [3.05, 3.63) is 0 Å². The molecular weight excluding hydrogens is 224 g/mol. The molecule has 2 heterocycles. The maximum absolute atomic E-state index is 10.6. The summed E-state index contributed by atoms with van der Waals surface area (Å²) in [6, 6.07) is 0. The summed E-state index contributed by atoms with van der Waals surface area (Å²) in [6.07, 6.45) is 0.984. The number of hydrogen-bond donors (Lipinski definition) is 2. The molecule has 0 amide bonds. The average molecular weight is 244 g/mol. The Morgan fingerprint density at radius 1 is 1.18 bits per heavy atom. The standard InChI is InChI=1S/C12H20O5/c1-11(2)16-8-6-12(14)5-7(10(8)17-11)15-9(12)3-4-13/h7-10,13-14H,3-6H2,1-2H3/t7-,8+,9-,10?,12+/m0/s1. The Kier molecular flexibility index (Phi) is 2.55. The highest BCUT2D eigenvalue weighted by Gasteiger charge is 2.61. The number of fused-ring (bicyclic) bond motifs is 4. The molecule has 1 aliphatic carbocycles. The minimum Gasteiger partial charge on any atom is -0.396 e. The zero-order chi connectivity index (χ0) is 12.3. The Hall–Kier alpha value is -0.200. The lowest BCUT2D eigenvalue weighted by Gasteiger charge is -2.34. The van der Waals surface area contributed by atoms with Gasteiger partial charge in [0.25, 0.3) is 0 Å². The van der Waals surface area contributed by atoms with Gasteiger partial charge in [-0.1, -0.05) is 0 Å². The van der Waals surface area contributed by atoms with Crippen LogP contribution in [0.5, 0.6) is 0 Å². The lowest BCUT2D eigenvalue weighted by molar-refractivity contribution is -0.165. The molecule has 0 aromatic carbocycles. The number of aliphatic hydroxyl groups excluding tert-OH is 1. The minimum absolute atomic E-state index is 0.0300. The molecule has 0 radical (unpaired) electrons. The first-order valence-corrected chi connectivity index (χ1v) is 6.28. The summed E-state index contributed by atoms with van der Waals surface area (Å²) in [4.78, 5) is 0. The van der Waals surface area contributed by atoms with Crippen molar-refractivity contribution in [2.24, 2.45) is 0 Å². The second-order valence-corrected chi connectivity index (χ2v) is 5.83. The molecule has 3 fully saturated rings. The van der Waals surface area contributed by atoms with E-state index in [1.54, 1.807) is 0 Å². The van der Waals surface area contributed by atoms with Crippen molar-refractivity contribution in [3.63, 3.8) is 0 Å². The highest BCUT2D eigenvalue weighted by Crippen LogP contribution is 2.48. The topological polar surface area (TPSA) is 68.2 Å². The van der Waals surface area contributed by atoms with Gasteiger partial charge < -0.3 is 24.4 Å². The zero-order valence-electron chi connectivity index (χ0n) is 10.3. The first-order valence-electron chi connectivity index (χ1n) is 6.28. The van der Waals surface area contributed by atoms with Crippen LogP contribution in [-0.4, -0.2) is 52.6 Å². The van der Waals surface area contributed by atoms with Crippen molar-refractivity contribution in [1.82, 2.24) is 0 Å². The van der Waals surface area contributed by atoms with Gasteiger partial charge in [-0.2, -0.15) is 0 Å². The van der Waals surface area contributed by atoms with E-state index in [2.05, 4.69) is 0 Å². The van der Waals surface area contributed by atoms with Gasteiger partial charge in [-0.25, -0.2) is 0 Å². The van der Waals surface area contributed by atoms with E-state index in [0.717, 1.165) is 0 Å². The summed E-state index contributed by atoms with van der Waals surface area (Å²) in [5.41, 5.74) is -0.863. The van der Waals surface area contributed by atoms with Crippen molar-refractivity contribution in [3.8, 4) is 0 Å². The maximum atomic E-state index is 10.6. The van der Waals surface area contributed by atoms with Crippen LogP contribution in [0.25, 0.3) is 0 Å². The molecule has 0 aromatic heterocycles. The van der Waals surface area contributed by atoms with Crippen LogP contribution >= 0.6 is 0 Å². The van der Waals surface area contributed by atoms with Crippen LogP contribution in [0.4, 0.5) is 0 Å². The number of hydrogen-bond acceptors (Lipinski definition) is 5. The molecule has 3 aliphatic rings. The fourth-order valence-electron chi connectivity index (χ4n) is 3.41. The van der Waals surface area contributed by atoms with Gasteiger partial charge in [0.1, 0.15) is 6.10 Å². The lowest BCUT2D eigenvalue weighted by atomic mass is 9.79. The third kappa shape index (κ3) is 1.81. The van der Waals surface area contributed by atoms with Crippen molar-refractivity contribution >= 4 is 0 Å². The fraction of sp³-hybridized carbons (Fsp3) is 1.00. The van der Waals surface area contributed by atoms with E-state index in [-0.39, 0.29) is 31.0 Å². The summed E-state index contributed by atoms with van der Waals surface area (Å²) < 4.78 is 17.5. The van der Waals surface area contributed by atoms with Crippen molar-refractivity contribution in [2.45, 2.75) is 68.9 Å². The monoisotopic (exact) mass is 244 g/mol. The van der Waals surface area contributed by atoms with Crippen LogP contribution in [0.3, 0.4) is 0 Å². The molecule has 2 N–H and O–H groups in total. The van der Waals surface area contributed by atoms with Crippen LogP contribution in [0.2, 0.25) is 0 Å². The second kappa shape index (κ2) is 3.65. The molecule has 3 rings (SSSR count). The first kappa shape index (κ1) is 11.9. The molecule has 5 heteroatoms. The largest absolute Gasteiger partial charge is 0.396 e. The highest BCUT2D eigenvalue weighted by atomic mass is 16.8. The molecule has 2 saturated heterocycles. The van der Waals surface area contributed by atoms with E-state index in [0.29, 0.717) is 19.3 Å². The van der Waals surface area contributed by atoms with E-state index in [4.69, 9.17) is 19.3 Å². The predicted octanol–water partition coefficient (Wildman–Crippen LogP) is 0.181. The summed E-state index contributed by atoms with van der Waals surface area (Å²) in [6.45, 7) is 3.80. The zero-order valence-corrected chi connectivity index (χ0v) is 10.3. The smallest absolute Gasteiger partial charge is 0.163 e. The van der Waals surface area contributed by atoms with Crippen LogP contribution in [-0.2, 0) is 14.2 Å². The summed E-state index contributed by atoms with van der Waals surface area (Å²) in [7, 11) is 0. The van der Waals surface area contributed by atoms with Crippen molar-refractivity contribution in [1.29, 1.82) is 0 Å². The summed E-state index contributed by atoms with van der Waals surface area (Å²) in [5, 5.41) is 19.6. The second-order valence-electron chi connectivity index (χ2n) is 5.83. The van der Waals surface area contributed by atoms with E-state index >= 15 is 0 Å². The highest BCUT2D eigenvalue weighted by molar-refractivity contribution is 5.08. The molecule has 0 spiro atoms. The molecular formula is C12H20O5. The van der Waals surface area contributed by atoms with E-state index in [1.807, 2.05) is 13.8 Å². The van der Waals surface area contributed by atoms with E-state index in [9.17, 15) is 5.11 Å². The third-order valence-corrected chi connectivity index (χ3v) is 4.03. The molecule has 1 unspecified atom stereocenters. The molecule has 5 atom stereocenters.